The second-order valence-corrected chi connectivity index (χ2v) is 12.0. The summed E-state index contributed by atoms with van der Waals surface area (Å²) in [6.07, 6.45) is 1.34. The van der Waals surface area contributed by atoms with E-state index in [1.54, 1.807) is 36.4 Å². The molecule has 0 bridgehead atoms. The fourth-order valence-electron chi connectivity index (χ4n) is 4.79. The van der Waals surface area contributed by atoms with E-state index in [1.165, 1.54) is 41.1 Å². The van der Waals surface area contributed by atoms with Crippen molar-refractivity contribution in [3.8, 4) is 11.5 Å². The number of anilines is 1. The highest BCUT2D eigenvalue weighted by Crippen LogP contribution is 2.45. The van der Waals surface area contributed by atoms with Gasteiger partial charge in [-0.05, 0) is 60.0 Å². The highest BCUT2D eigenvalue weighted by molar-refractivity contribution is 8.00. The summed E-state index contributed by atoms with van der Waals surface area (Å²) in [6, 6.07) is 22.9. The number of aromatic nitrogens is 2. The third kappa shape index (κ3) is 6.47. The quantitative estimate of drug-likeness (QED) is 0.0848. The van der Waals surface area contributed by atoms with Crippen LogP contribution in [0.1, 0.15) is 40.2 Å². The number of thioether (sulfide) groups is 1. The number of halogens is 1. The second-order valence-electron chi connectivity index (χ2n) is 9.83. The number of nitrogens with zero attached hydrogens (tertiary/aromatic N) is 3. The zero-order valence-electron chi connectivity index (χ0n) is 23.9. The smallest absolute Gasteiger partial charge is 0.296 e. The molecule has 3 aromatic carbocycles. The average molecular weight is 644 g/mol. The molecule has 0 fully saturated rings. The maximum Gasteiger partial charge on any atom is 0.296 e. The number of hydrogen-bond acceptors (Lipinski definition) is 10. The molecule has 228 valence electrons. The molecule has 1 aliphatic heterocycles. The lowest BCUT2D eigenvalue weighted by atomic mass is 9.95. The third-order valence-electron chi connectivity index (χ3n) is 6.90. The minimum absolute atomic E-state index is 0.0307. The molecule has 1 aliphatic rings. The van der Waals surface area contributed by atoms with Crippen LogP contribution in [0.3, 0.4) is 0 Å². The fourth-order valence-corrected chi connectivity index (χ4v) is 6.62. The van der Waals surface area contributed by atoms with Crippen molar-refractivity contribution in [3.05, 3.63) is 131 Å². The van der Waals surface area contributed by atoms with Crippen molar-refractivity contribution >= 4 is 39.9 Å². The molecule has 12 heteroatoms. The molecule has 45 heavy (non-hydrogen) atoms. The maximum atomic E-state index is 13.6. The maximum absolute atomic E-state index is 13.6. The summed E-state index contributed by atoms with van der Waals surface area (Å²) in [5, 5.41) is 19.8. The Hall–Kier alpha value is -4.94. The summed E-state index contributed by atoms with van der Waals surface area (Å²) < 4.78 is 31.2. The summed E-state index contributed by atoms with van der Waals surface area (Å²) in [6.45, 7) is 2.48. The van der Waals surface area contributed by atoms with Gasteiger partial charge in [0.2, 0.25) is 10.9 Å². The zero-order valence-corrected chi connectivity index (χ0v) is 25.5. The van der Waals surface area contributed by atoms with E-state index in [9.17, 15) is 19.1 Å². The molecule has 0 saturated heterocycles. The topological polar surface area (TPSA) is 115 Å². The number of carbonyl (C=O) groups excluding carboxylic acids is 2. The van der Waals surface area contributed by atoms with Gasteiger partial charge in [0.05, 0.1) is 24.5 Å². The highest BCUT2D eigenvalue weighted by atomic mass is 32.2. The Morgan fingerprint density at radius 1 is 1.00 bits per heavy atom. The predicted octanol–water partition coefficient (Wildman–Crippen LogP) is 7.32. The van der Waals surface area contributed by atoms with Crippen molar-refractivity contribution in [1.82, 2.24) is 10.2 Å². The number of rotatable bonds is 12. The Labute approximate surface area is 265 Å². The minimum atomic E-state index is -1.07. The Balaban J connectivity index is 1.34. The molecule has 5 aromatic rings. The van der Waals surface area contributed by atoms with E-state index in [0.717, 1.165) is 22.5 Å². The van der Waals surface area contributed by atoms with E-state index < -0.39 is 23.5 Å². The van der Waals surface area contributed by atoms with Gasteiger partial charge in [-0.2, -0.15) is 0 Å². The van der Waals surface area contributed by atoms with Gasteiger partial charge in [0.15, 0.2) is 27.4 Å². The van der Waals surface area contributed by atoms with E-state index >= 15 is 0 Å². The number of amides is 1. The van der Waals surface area contributed by atoms with Crippen LogP contribution in [0.15, 0.2) is 111 Å². The lowest BCUT2D eigenvalue weighted by Crippen LogP contribution is -2.31. The van der Waals surface area contributed by atoms with E-state index in [-0.39, 0.29) is 22.3 Å². The number of Topliss-reactive ketones (excluding diaryl/α,β-unsaturated/α-hetero) is 1. The molecular formula is C33H26FN3O6S2. The largest absolute Gasteiger partial charge is 0.503 e. The lowest BCUT2D eigenvalue weighted by molar-refractivity contribution is -0.117. The number of ketones is 1. The highest BCUT2D eigenvalue weighted by Gasteiger charge is 2.47. The Morgan fingerprint density at radius 2 is 1.80 bits per heavy atom. The van der Waals surface area contributed by atoms with Crippen molar-refractivity contribution in [2.45, 2.75) is 29.7 Å². The lowest BCUT2D eigenvalue weighted by Gasteiger charge is -2.25. The first-order valence-corrected chi connectivity index (χ1v) is 15.7. The van der Waals surface area contributed by atoms with Crippen LogP contribution in [0.2, 0.25) is 0 Å². The molecule has 0 aliphatic carbocycles. The molecule has 0 radical (unpaired) electrons. The van der Waals surface area contributed by atoms with Crippen LogP contribution in [0.5, 0.6) is 11.5 Å². The first-order valence-electron chi connectivity index (χ1n) is 13.9. The molecule has 2 aromatic heterocycles. The van der Waals surface area contributed by atoms with E-state index in [1.807, 2.05) is 37.3 Å². The van der Waals surface area contributed by atoms with Crippen LogP contribution in [-0.2, 0) is 17.2 Å². The summed E-state index contributed by atoms with van der Waals surface area (Å²) in [4.78, 5) is 28.5. The number of hydrogen-bond donors (Lipinski definition) is 1. The zero-order chi connectivity index (χ0) is 31.3. The third-order valence-corrected chi connectivity index (χ3v) is 9.02. The first-order chi connectivity index (χ1) is 21.9. The second kappa shape index (κ2) is 13.4. The van der Waals surface area contributed by atoms with Gasteiger partial charge in [-0.1, -0.05) is 71.6 Å². The monoisotopic (exact) mass is 643 g/mol. The molecule has 1 N–H and O–H groups in total. The van der Waals surface area contributed by atoms with E-state index in [2.05, 4.69) is 10.2 Å². The van der Waals surface area contributed by atoms with Gasteiger partial charge in [0.25, 0.3) is 5.91 Å². The summed E-state index contributed by atoms with van der Waals surface area (Å²) >= 11 is 2.50. The number of ether oxygens (including phenoxy) is 2. The molecule has 0 saturated carbocycles. The van der Waals surface area contributed by atoms with Crippen LogP contribution in [0, 0.1) is 5.82 Å². The van der Waals surface area contributed by atoms with Crippen molar-refractivity contribution < 1.29 is 33.0 Å². The summed E-state index contributed by atoms with van der Waals surface area (Å²) in [5.74, 6) is -1.13. The molecule has 1 unspecified atom stereocenters. The van der Waals surface area contributed by atoms with Gasteiger partial charge in [-0.25, -0.2) is 4.39 Å². The Kier molecular flexibility index (Phi) is 8.94. The molecule has 1 amide bonds. The van der Waals surface area contributed by atoms with Gasteiger partial charge in [-0.15, -0.1) is 10.2 Å². The number of aliphatic hydroxyl groups is 1. The van der Waals surface area contributed by atoms with Gasteiger partial charge in [-0.3, -0.25) is 14.5 Å². The molecule has 6 rings (SSSR count). The first kappa shape index (κ1) is 30.1. The van der Waals surface area contributed by atoms with Crippen LogP contribution in [0.4, 0.5) is 9.52 Å². The van der Waals surface area contributed by atoms with Crippen molar-refractivity contribution in [2.24, 2.45) is 0 Å². The number of carbonyl (C=O) groups is 2. The van der Waals surface area contributed by atoms with E-state index in [0.29, 0.717) is 40.4 Å². The predicted molar refractivity (Wildman–Crippen MR) is 167 cm³/mol. The van der Waals surface area contributed by atoms with Crippen LogP contribution in [-0.4, -0.2) is 33.6 Å². The van der Waals surface area contributed by atoms with Crippen LogP contribution in [0.25, 0.3) is 0 Å². The number of benzene rings is 3. The van der Waals surface area contributed by atoms with Gasteiger partial charge < -0.3 is 19.0 Å². The minimum Gasteiger partial charge on any atom is -0.503 e. The van der Waals surface area contributed by atoms with Gasteiger partial charge in [0.1, 0.15) is 12.4 Å². The summed E-state index contributed by atoms with van der Waals surface area (Å²) in [7, 11) is 0. The van der Waals surface area contributed by atoms with E-state index in [4.69, 9.17) is 13.9 Å². The van der Waals surface area contributed by atoms with Crippen LogP contribution >= 0.6 is 23.1 Å². The molecule has 1 atom stereocenters. The van der Waals surface area contributed by atoms with Crippen LogP contribution < -0.4 is 14.4 Å². The molecule has 9 nitrogen and oxygen atoms in total. The van der Waals surface area contributed by atoms with Gasteiger partial charge >= 0.3 is 0 Å². The SMILES string of the molecule is CCOc1cc(C2C(C(=O)c3ccco3)=C(O)C(=O)N2c2nnc(SCc3ccc(F)cc3)s2)ccc1OCc1ccccc1. The standard InChI is InChI=1S/C33H26FN3O6S2/c1-2-41-26-17-22(12-15-24(26)43-18-20-7-4-3-5-8-20)28-27(29(38)25-9-6-16-42-25)30(39)31(40)37(28)32-35-36-33(45-32)44-19-21-10-13-23(34)14-11-21/h3-17,28,39H,2,18-19H2,1H3. The average Bonchev–Trinajstić information content (AvgIpc) is 3.81. The van der Waals surface area contributed by atoms with Crippen molar-refractivity contribution in [1.29, 1.82) is 0 Å². The normalized spacial score (nSPS) is 14.7. The fraction of sp³-hybridized carbons (Fsp3) is 0.152. The molecule has 3 heterocycles. The number of aliphatic hydroxyl groups excluding tert-OH is 1. The Morgan fingerprint density at radius 3 is 2.53 bits per heavy atom. The Bertz CT molecular complexity index is 1840. The molecular weight excluding hydrogens is 618 g/mol. The number of furan rings is 1. The molecule has 0 spiro atoms. The summed E-state index contributed by atoms with van der Waals surface area (Å²) in [5.41, 5.74) is 2.18. The van der Waals surface area contributed by atoms with Gasteiger partial charge in [0, 0.05) is 5.75 Å². The van der Waals surface area contributed by atoms with Crippen molar-refractivity contribution in [3.63, 3.8) is 0 Å². The van der Waals surface area contributed by atoms with Crippen molar-refractivity contribution in [2.75, 3.05) is 11.5 Å².